The van der Waals surface area contributed by atoms with Gasteiger partial charge in [-0.3, -0.25) is 9.59 Å². The minimum Gasteiger partial charge on any atom is -0.481 e. The summed E-state index contributed by atoms with van der Waals surface area (Å²) in [6.45, 7) is 0.0388. The number of hydrogen-bond donors (Lipinski definition) is 2. The molecule has 0 aliphatic rings. The molecule has 0 spiro atoms. The molecule has 174 valence electrons. The van der Waals surface area contributed by atoms with E-state index in [2.05, 4.69) is 10.3 Å². The fourth-order valence-electron chi connectivity index (χ4n) is 3.93. The first kappa shape index (κ1) is 23.3. The molecule has 0 radical (unpaired) electrons. The zero-order chi connectivity index (χ0) is 24.1. The Kier molecular flexibility index (Phi) is 7.08. The number of aliphatic hydroxyl groups is 1. The van der Waals surface area contributed by atoms with Crippen molar-refractivity contribution in [2.45, 2.75) is 31.9 Å². The van der Waals surface area contributed by atoms with Crippen LogP contribution < -0.4 is 5.56 Å². The molecule has 0 saturated carbocycles. The Bertz CT molecular complexity index is 1340. The van der Waals surface area contributed by atoms with Crippen molar-refractivity contribution in [3.63, 3.8) is 0 Å². The van der Waals surface area contributed by atoms with Gasteiger partial charge in [-0.1, -0.05) is 53.7 Å². The van der Waals surface area contributed by atoms with Crippen LogP contribution in [0.3, 0.4) is 0 Å². The number of rotatable bonds is 9. The van der Waals surface area contributed by atoms with E-state index in [-0.39, 0.29) is 30.8 Å². The van der Waals surface area contributed by atoms with E-state index in [9.17, 15) is 24.2 Å². The third-order valence-electron chi connectivity index (χ3n) is 5.92. The zero-order valence-corrected chi connectivity index (χ0v) is 18.3. The fourth-order valence-corrected chi connectivity index (χ4v) is 3.93. The number of carboxylic acids is 1. The van der Waals surface area contributed by atoms with Crippen molar-refractivity contribution in [1.29, 1.82) is 0 Å². The van der Waals surface area contributed by atoms with Crippen molar-refractivity contribution in [2.24, 2.45) is 5.92 Å². The fraction of sp³-hybridized carbons (Fsp3) is 0.231. The minimum atomic E-state index is -1.12. The quantitative estimate of drug-likeness (QED) is 0.394. The summed E-state index contributed by atoms with van der Waals surface area (Å²) in [7, 11) is 0. The predicted octanol–water partition coefficient (Wildman–Crippen LogP) is 3.68. The molecule has 0 aliphatic heterocycles. The van der Waals surface area contributed by atoms with Crippen molar-refractivity contribution < 1.29 is 19.4 Å². The number of benzene rings is 3. The van der Waals surface area contributed by atoms with Crippen molar-refractivity contribution >= 4 is 16.9 Å². The van der Waals surface area contributed by atoms with E-state index in [1.54, 1.807) is 36.4 Å². The van der Waals surface area contributed by atoms with Gasteiger partial charge in [0.1, 0.15) is 11.3 Å². The molecule has 2 atom stereocenters. The lowest BCUT2D eigenvalue weighted by molar-refractivity contribution is -0.146. The lowest BCUT2D eigenvalue weighted by Gasteiger charge is -2.19. The second-order valence-corrected chi connectivity index (χ2v) is 8.18. The van der Waals surface area contributed by atoms with Gasteiger partial charge in [0.15, 0.2) is 0 Å². The third-order valence-corrected chi connectivity index (χ3v) is 5.92. The van der Waals surface area contributed by atoms with Gasteiger partial charge in [-0.05, 0) is 60.2 Å². The highest BCUT2D eigenvalue weighted by Crippen LogP contribution is 2.22. The van der Waals surface area contributed by atoms with Gasteiger partial charge in [0.25, 0.3) is 5.56 Å². The predicted molar refractivity (Wildman–Crippen MR) is 126 cm³/mol. The molecule has 0 fully saturated rings. The van der Waals surface area contributed by atoms with Crippen molar-refractivity contribution in [3.05, 3.63) is 94.5 Å². The van der Waals surface area contributed by atoms with Crippen LogP contribution in [-0.4, -0.2) is 37.3 Å². The molecule has 3 aromatic carbocycles. The summed E-state index contributed by atoms with van der Waals surface area (Å²) in [6.07, 6.45) is -0.291. The van der Waals surface area contributed by atoms with Crippen LogP contribution in [-0.2, 0) is 17.8 Å². The first-order chi connectivity index (χ1) is 16.4. The number of carboxylic acid groups (broad SMARTS) is 1. The van der Waals surface area contributed by atoms with Gasteiger partial charge in [0.05, 0.1) is 17.4 Å². The Morgan fingerprint density at radius 2 is 1.59 bits per heavy atom. The third kappa shape index (κ3) is 5.35. The highest BCUT2D eigenvalue weighted by molar-refractivity contribution is 5.76. The molecule has 1 heterocycles. The van der Waals surface area contributed by atoms with E-state index in [0.29, 0.717) is 17.3 Å². The summed E-state index contributed by atoms with van der Waals surface area (Å²) in [4.78, 5) is 24.4. The molecular formula is C26H24FN3O4. The van der Waals surface area contributed by atoms with Gasteiger partial charge in [0, 0.05) is 6.54 Å². The van der Waals surface area contributed by atoms with Crippen molar-refractivity contribution in [1.82, 2.24) is 15.0 Å². The van der Waals surface area contributed by atoms with Crippen LogP contribution in [0, 0.1) is 11.7 Å². The molecule has 2 N–H and O–H groups in total. The molecule has 4 rings (SSSR count). The average Bonchev–Trinajstić information content (AvgIpc) is 2.85. The molecule has 4 aromatic rings. The second-order valence-electron chi connectivity index (χ2n) is 8.18. The molecule has 0 amide bonds. The van der Waals surface area contributed by atoms with E-state index in [4.69, 9.17) is 0 Å². The van der Waals surface area contributed by atoms with Crippen LogP contribution in [0.2, 0.25) is 0 Å². The van der Waals surface area contributed by atoms with E-state index in [1.807, 2.05) is 24.3 Å². The maximum Gasteiger partial charge on any atom is 0.309 e. The van der Waals surface area contributed by atoms with E-state index in [1.165, 1.54) is 12.1 Å². The van der Waals surface area contributed by atoms with E-state index >= 15 is 0 Å². The number of carbonyl (C=O) groups is 1. The first-order valence-corrected chi connectivity index (χ1v) is 11.0. The first-order valence-electron chi connectivity index (χ1n) is 11.0. The number of nitrogens with zero attached hydrogens (tertiary/aromatic N) is 3. The van der Waals surface area contributed by atoms with Crippen molar-refractivity contribution in [2.75, 3.05) is 0 Å². The Hall–Kier alpha value is -3.91. The molecule has 8 heteroatoms. The smallest absolute Gasteiger partial charge is 0.309 e. The monoisotopic (exact) mass is 461 g/mol. The number of aliphatic carboxylic acids is 1. The largest absolute Gasteiger partial charge is 0.481 e. The Morgan fingerprint density at radius 1 is 0.941 bits per heavy atom. The molecule has 34 heavy (non-hydrogen) atoms. The lowest BCUT2D eigenvalue weighted by atomic mass is 9.93. The second kappa shape index (κ2) is 10.4. The summed E-state index contributed by atoms with van der Waals surface area (Å²) in [6, 6.07) is 20.7. The van der Waals surface area contributed by atoms with E-state index < -0.39 is 18.0 Å². The average molecular weight is 461 g/mol. The van der Waals surface area contributed by atoms with Gasteiger partial charge < -0.3 is 10.2 Å². The molecule has 0 saturated heterocycles. The molecular weight excluding hydrogens is 437 g/mol. The Morgan fingerprint density at radius 3 is 2.26 bits per heavy atom. The molecule has 0 aliphatic carbocycles. The summed E-state index contributed by atoms with van der Waals surface area (Å²) in [5, 5.41) is 28.5. The van der Waals surface area contributed by atoms with E-state index in [0.717, 1.165) is 21.4 Å². The summed E-state index contributed by atoms with van der Waals surface area (Å²) in [5.41, 5.74) is 2.92. The number of aryl methyl sites for hydroxylation is 2. The normalized spacial score (nSPS) is 13.0. The number of aromatic nitrogens is 3. The van der Waals surface area contributed by atoms with Crippen molar-refractivity contribution in [3.8, 4) is 11.1 Å². The van der Waals surface area contributed by atoms with Gasteiger partial charge in [-0.15, -0.1) is 5.10 Å². The SMILES string of the molecule is O=C(O)C(CCn1nnc2ccccc2c1=O)C(O)CCc1ccc(-c2ccc(F)cc2)cc1. The maximum atomic E-state index is 13.1. The molecule has 1 aromatic heterocycles. The summed E-state index contributed by atoms with van der Waals surface area (Å²) >= 11 is 0. The van der Waals surface area contributed by atoms with Crippen LogP contribution in [0.4, 0.5) is 4.39 Å². The van der Waals surface area contributed by atoms with Crippen LogP contribution >= 0.6 is 0 Å². The highest BCUT2D eigenvalue weighted by atomic mass is 19.1. The van der Waals surface area contributed by atoms with Gasteiger partial charge >= 0.3 is 5.97 Å². The molecule has 7 nitrogen and oxygen atoms in total. The standard InChI is InChI=1S/C26H24FN3O4/c27-20-12-10-19(11-13-20)18-8-5-17(6-9-18)7-14-24(31)22(26(33)34)15-16-30-25(32)21-3-1-2-4-23(21)28-29-30/h1-6,8-13,22,24,31H,7,14-16H2,(H,33,34). The minimum absolute atomic E-state index is 0.0388. The van der Waals surface area contributed by atoms with Crippen LogP contribution in [0.25, 0.3) is 22.0 Å². The number of aliphatic hydroxyl groups excluding tert-OH is 1. The summed E-state index contributed by atoms with van der Waals surface area (Å²) in [5.74, 6) is -2.46. The highest BCUT2D eigenvalue weighted by Gasteiger charge is 2.26. The van der Waals surface area contributed by atoms with Crippen LogP contribution in [0.15, 0.2) is 77.6 Å². The summed E-state index contributed by atoms with van der Waals surface area (Å²) < 4.78 is 14.2. The lowest BCUT2D eigenvalue weighted by Crippen LogP contribution is -2.32. The van der Waals surface area contributed by atoms with Crippen LogP contribution in [0.5, 0.6) is 0 Å². The van der Waals surface area contributed by atoms with Crippen LogP contribution in [0.1, 0.15) is 18.4 Å². The Labute approximate surface area is 195 Å². The zero-order valence-electron chi connectivity index (χ0n) is 18.3. The maximum absolute atomic E-state index is 13.1. The van der Waals surface area contributed by atoms with Gasteiger partial charge in [-0.2, -0.15) is 0 Å². The Balaban J connectivity index is 1.37. The molecule has 0 bridgehead atoms. The topological polar surface area (TPSA) is 105 Å². The van der Waals surface area contributed by atoms with Gasteiger partial charge in [0.2, 0.25) is 0 Å². The number of fused-ring (bicyclic) bond motifs is 1. The van der Waals surface area contributed by atoms with Gasteiger partial charge in [-0.25, -0.2) is 9.07 Å². The number of halogens is 1. The molecule has 2 unspecified atom stereocenters. The number of hydrogen-bond acceptors (Lipinski definition) is 5.